The number of sulfonamides is 1. The Hall–Kier alpha value is -3.10. The van der Waals surface area contributed by atoms with Gasteiger partial charge in [0.2, 0.25) is 10.0 Å². The van der Waals surface area contributed by atoms with Crippen LogP contribution in [0.2, 0.25) is 0 Å². The van der Waals surface area contributed by atoms with E-state index in [2.05, 4.69) is 4.72 Å². The average Bonchev–Trinajstić information content (AvgIpc) is 2.72. The van der Waals surface area contributed by atoms with Gasteiger partial charge in [-0.1, -0.05) is 30.3 Å². The lowest BCUT2D eigenvalue weighted by Crippen LogP contribution is -2.30. The number of rotatable bonds is 8. The molecule has 0 saturated heterocycles. The molecular weight excluding hydrogens is 394 g/mol. The minimum Gasteiger partial charge on any atom is -0.497 e. The van der Waals surface area contributed by atoms with E-state index in [1.54, 1.807) is 30.3 Å². The van der Waals surface area contributed by atoms with Crippen LogP contribution in [-0.2, 0) is 14.8 Å². The van der Waals surface area contributed by atoms with Crippen LogP contribution < -0.4 is 14.2 Å². The maximum Gasteiger partial charge on any atom is 0.305 e. The lowest BCUT2D eigenvalue weighted by Gasteiger charge is -2.19. The van der Waals surface area contributed by atoms with E-state index in [1.807, 2.05) is 24.3 Å². The molecule has 152 valence electrons. The fourth-order valence-electron chi connectivity index (χ4n) is 3.02. The van der Waals surface area contributed by atoms with Crippen molar-refractivity contribution in [2.75, 3.05) is 14.2 Å². The standard InChI is InChI=1S/C21H21NO6S/c1-27-17-9-16(10-18(12-17)28-2)20(13-21(23)24)22-29(25,26)19-8-7-14-5-3-4-6-15(14)11-19/h3-12,20,22H,13H2,1-2H3,(H,23,24). The van der Waals surface area contributed by atoms with Gasteiger partial charge in [0.05, 0.1) is 31.6 Å². The van der Waals surface area contributed by atoms with Crippen molar-refractivity contribution in [3.63, 3.8) is 0 Å². The second-order valence-corrected chi connectivity index (χ2v) is 8.14. The third-order valence-electron chi connectivity index (χ3n) is 4.48. The summed E-state index contributed by atoms with van der Waals surface area (Å²) in [5, 5.41) is 11.0. The third kappa shape index (κ3) is 4.85. The van der Waals surface area contributed by atoms with Gasteiger partial charge in [0.25, 0.3) is 0 Å². The highest BCUT2D eigenvalue weighted by atomic mass is 32.2. The molecule has 1 atom stereocenters. The Morgan fingerprint density at radius 2 is 1.59 bits per heavy atom. The van der Waals surface area contributed by atoms with Crippen molar-refractivity contribution < 1.29 is 27.8 Å². The van der Waals surface area contributed by atoms with Crippen molar-refractivity contribution in [1.29, 1.82) is 0 Å². The number of aliphatic carboxylic acids is 1. The van der Waals surface area contributed by atoms with E-state index >= 15 is 0 Å². The molecule has 0 aliphatic heterocycles. The summed E-state index contributed by atoms with van der Waals surface area (Å²) in [5.41, 5.74) is 0.424. The summed E-state index contributed by atoms with van der Waals surface area (Å²) in [4.78, 5) is 11.4. The van der Waals surface area contributed by atoms with Crippen LogP contribution in [-0.4, -0.2) is 33.7 Å². The average molecular weight is 415 g/mol. The lowest BCUT2D eigenvalue weighted by atomic mass is 10.0. The molecule has 1 unspecified atom stereocenters. The van der Waals surface area contributed by atoms with Crippen LogP contribution in [0.3, 0.4) is 0 Å². The number of ether oxygens (including phenoxy) is 2. The van der Waals surface area contributed by atoms with E-state index in [0.29, 0.717) is 17.1 Å². The number of carboxylic acids is 1. The van der Waals surface area contributed by atoms with Gasteiger partial charge in [-0.2, -0.15) is 0 Å². The maximum atomic E-state index is 13.0. The largest absolute Gasteiger partial charge is 0.497 e. The van der Waals surface area contributed by atoms with Gasteiger partial charge < -0.3 is 14.6 Å². The van der Waals surface area contributed by atoms with E-state index in [-0.39, 0.29) is 4.90 Å². The first-order valence-electron chi connectivity index (χ1n) is 8.78. The molecule has 0 spiro atoms. The molecule has 3 aromatic carbocycles. The van der Waals surface area contributed by atoms with E-state index in [1.165, 1.54) is 20.3 Å². The van der Waals surface area contributed by atoms with Crippen molar-refractivity contribution in [3.8, 4) is 11.5 Å². The van der Waals surface area contributed by atoms with Crippen LogP contribution in [0, 0.1) is 0 Å². The van der Waals surface area contributed by atoms with Gasteiger partial charge in [0.1, 0.15) is 11.5 Å². The SMILES string of the molecule is COc1cc(OC)cc(C(CC(=O)O)NS(=O)(=O)c2ccc3ccccc3c2)c1. The first-order valence-corrected chi connectivity index (χ1v) is 10.3. The van der Waals surface area contributed by atoms with E-state index in [4.69, 9.17) is 9.47 Å². The summed E-state index contributed by atoms with van der Waals surface area (Å²) in [6.45, 7) is 0. The van der Waals surface area contributed by atoms with Crippen molar-refractivity contribution >= 4 is 26.8 Å². The van der Waals surface area contributed by atoms with Crippen molar-refractivity contribution in [2.45, 2.75) is 17.4 Å². The summed E-state index contributed by atoms with van der Waals surface area (Å²) in [7, 11) is -1.05. The summed E-state index contributed by atoms with van der Waals surface area (Å²) in [6.07, 6.45) is -0.441. The van der Waals surface area contributed by atoms with Gasteiger partial charge in [-0.3, -0.25) is 4.79 Å². The van der Waals surface area contributed by atoms with Gasteiger partial charge >= 0.3 is 5.97 Å². The number of fused-ring (bicyclic) bond motifs is 1. The highest BCUT2D eigenvalue weighted by Crippen LogP contribution is 2.29. The third-order valence-corrected chi connectivity index (χ3v) is 5.95. The summed E-state index contributed by atoms with van der Waals surface area (Å²) in [6, 6.07) is 15.9. The highest BCUT2D eigenvalue weighted by molar-refractivity contribution is 7.89. The number of benzene rings is 3. The number of carbonyl (C=O) groups is 1. The summed E-state index contributed by atoms with van der Waals surface area (Å²) < 4.78 is 38.9. The van der Waals surface area contributed by atoms with E-state index < -0.39 is 28.5 Å². The van der Waals surface area contributed by atoms with Crippen LogP contribution in [0.5, 0.6) is 11.5 Å². The number of methoxy groups -OCH3 is 2. The summed E-state index contributed by atoms with van der Waals surface area (Å²) in [5.74, 6) is -0.280. The van der Waals surface area contributed by atoms with E-state index in [9.17, 15) is 18.3 Å². The number of hydrogen-bond acceptors (Lipinski definition) is 5. The molecule has 8 heteroatoms. The molecule has 0 heterocycles. The molecule has 0 bridgehead atoms. The molecule has 0 radical (unpaired) electrons. The number of carboxylic acid groups (broad SMARTS) is 1. The molecule has 0 aromatic heterocycles. The minimum absolute atomic E-state index is 0.0569. The van der Waals surface area contributed by atoms with Gasteiger partial charge in [-0.25, -0.2) is 13.1 Å². The Morgan fingerprint density at radius 1 is 0.966 bits per heavy atom. The molecule has 0 fully saturated rings. The van der Waals surface area contributed by atoms with Crippen molar-refractivity contribution in [3.05, 3.63) is 66.2 Å². The summed E-state index contributed by atoms with van der Waals surface area (Å²) >= 11 is 0. The molecule has 0 amide bonds. The molecule has 0 aliphatic carbocycles. The Kier molecular flexibility index (Phi) is 6.05. The monoisotopic (exact) mass is 415 g/mol. The maximum absolute atomic E-state index is 13.0. The van der Waals surface area contributed by atoms with Gasteiger partial charge in [-0.05, 0) is 40.6 Å². The highest BCUT2D eigenvalue weighted by Gasteiger charge is 2.25. The first kappa shape index (κ1) is 20.6. The van der Waals surface area contributed by atoms with Crippen molar-refractivity contribution in [2.24, 2.45) is 0 Å². The Bertz CT molecular complexity index is 1120. The van der Waals surface area contributed by atoms with Crippen LogP contribution in [0.15, 0.2) is 65.6 Å². The van der Waals surface area contributed by atoms with Crippen LogP contribution >= 0.6 is 0 Å². The van der Waals surface area contributed by atoms with Crippen molar-refractivity contribution in [1.82, 2.24) is 4.72 Å². The topological polar surface area (TPSA) is 102 Å². The molecule has 3 rings (SSSR count). The molecule has 2 N–H and O–H groups in total. The molecule has 0 aliphatic rings. The minimum atomic E-state index is -3.98. The number of hydrogen-bond donors (Lipinski definition) is 2. The Labute approximate surface area is 168 Å². The second kappa shape index (κ2) is 8.50. The zero-order valence-electron chi connectivity index (χ0n) is 16.0. The first-order chi connectivity index (χ1) is 13.8. The molecule has 7 nitrogen and oxygen atoms in total. The van der Waals surface area contributed by atoms with Crippen LogP contribution in [0.4, 0.5) is 0 Å². The van der Waals surface area contributed by atoms with Gasteiger partial charge in [-0.15, -0.1) is 0 Å². The molecule has 3 aromatic rings. The van der Waals surface area contributed by atoms with Gasteiger partial charge in [0, 0.05) is 6.07 Å². The van der Waals surface area contributed by atoms with Crippen LogP contribution in [0.1, 0.15) is 18.0 Å². The Morgan fingerprint density at radius 3 is 2.17 bits per heavy atom. The predicted molar refractivity (Wildman–Crippen MR) is 109 cm³/mol. The molecular formula is C21H21NO6S. The number of nitrogens with one attached hydrogen (secondary N) is 1. The molecule has 0 saturated carbocycles. The lowest BCUT2D eigenvalue weighted by molar-refractivity contribution is -0.137. The van der Waals surface area contributed by atoms with Gasteiger partial charge in [0.15, 0.2) is 0 Å². The Balaban J connectivity index is 2.00. The fraction of sp³-hybridized carbons (Fsp3) is 0.190. The van der Waals surface area contributed by atoms with Crippen LogP contribution in [0.25, 0.3) is 10.8 Å². The fourth-order valence-corrected chi connectivity index (χ4v) is 4.28. The second-order valence-electron chi connectivity index (χ2n) is 6.43. The zero-order chi connectivity index (χ0) is 21.0. The smallest absolute Gasteiger partial charge is 0.305 e. The normalized spacial score (nSPS) is 12.5. The van der Waals surface area contributed by atoms with E-state index in [0.717, 1.165) is 10.8 Å². The zero-order valence-corrected chi connectivity index (χ0v) is 16.8. The predicted octanol–water partition coefficient (Wildman–Crippen LogP) is 3.35. The molecule has 29 heavy (non-hydrogen) atoms. The quantitative estimate of drug-likeness (QED) is 0.585.